The van der Waals surface area contributed by atoms with Crippen molar-refractivity contribution >= 4 is 17.7 Å². The van der Waals surface area contributed by atoms with Crippen molar-refractivity contribution in [2.75, 3.05) is 0 Å². The number of urea groups is 1. The maximum Gasteiger partial charge on any atom is 0.370 e. The Balaban J connectivity index is 4.73. The first-order valence-corrected chi connectivity index (χ1v) is 4.41. The number of nitrogens with zero attached hydrogens (tertiary/aromatic N) is 2. The molecule has 7 heteroatoms. The summed E-state index contributed by atoms with van der Waals surface area (Å²) in [5.41, 5.74) is 22.3. The number of rotatable bonds is 2. The van der Waals surface area contributed by atoms with E-state index < -0.39 is 6.03 Å². The normalized spacial score (nSPS) is 15.1. The van der Waals surface area contributed by atoms with Gasteiger partial charge in [0.1, 0.15) is 11.7 Å². The topological polar surface area (TPSA) is 146 Å². The van der Waals surface area contributed by atoms with E-state index in [4.69, 9.17) is 22.9 Å². The van der Waals surface area contributed by atoms with Gasteiger partial charge in [-0.15, -0.1) is 0 Å². The van der Waals surface area contributed by atoms with Gasteiger partial charge < -0.3 is 22.9 Å². The molecule has 0 aromatic rings. The Bertz CT molecular complexity index is 347. The molecule has 0 aromatic heterocycles. The fourth-order valence-electron chi connectivity index (χ4n) is 0.777. The summed E-state index contributed by atoms with van der Waals surface area (Å²) >= 11 is 0. The molecule has 0 radical (unpaired) electrons. The van der Waals surface area contributed by atoms with Gasteiger partial charge >= 0.3 is 6.03 Å². The zero-order valence-electron chi connectivity index (χ0n) is 9.27. The molecule has 8 N–H and O–H groups in total. The Morgan fingerprint density at radius 3 is 1.44 bits per heavy atom. The number of carbonyl (C=O) groups is 1. The fraction of sp³-hybridized carbons (Fsp3) is 0.222. The molecule has 0 saturated heterocycles. The van der Waals surface area contributed by atoms with E-state index in [0.717, 1.165) is 0 Å². The lowest BCUT2D eigenvalue weighted by molar-refractivity contribution is 0.257. The van der Waals surface area contributed by atoms with E-state index >= 15 is 0 Å². The van der Waals surface area contributed by atoms with Gasteiger partial charge in [-0.1, -0.05) is 0 Å². The summed E-state index contributed by atoms with van der Waals surface area (Å²) in [4.78, 5) is 18.0. The van der Waals surface area contributed by atoms with Crippen molar-refractivity contribution < 1.29 is 4.79 Å². The predicted molar refractivity (Wildman–Crippen MR) is 64.5 cm³/mol. The minimum Gasteiger partial charge on any atom is -0.402 e. The number of carbonyl (C=O) groups excluding carboxylic acids is 1. The molecule has 88 valence electrons. The van der Waals surface area contributed by atoms with E-state index in [1.807, 2.05) is 0 Å². The van der Waals surface area contributed by atoms with Gasteiger partial charge in [0.15, 0.2) is 0 Å². The van der Waals surface area contributed by atoms with Crippen LogP contribution in [0.5, 0.6) is 0 Å². The Hall–Kier alpha value is -2.31. The van der Waals surface area contributed by atoms with Crippen LogP contribution in [-0.4, -0.2) is 17.7 Å². The van der Waals surface area contributed by atoms with Crippen LogP contribution in [0.25, 0.3) is 0 Å². The van der Waals surface area contributed by atoms with Gasteiger partial charge in [0.25, 0.3) is 0 Å². The highest BCUT2D eigenvalue weighted by atomic mass is 16.2. The predicted octanol–water partition coefficient (Wildman–Crippen LogP) is -0.454. The highest BCUT2D eigenvalue weighted by molar-refractivity contribution is 6.05. The van der Waals surface area contributed by atoms with Gasteiger partial charge in [-0.25, -0.2) is 4.79 Å². The van der Waals surface area contributed by atoms with Crippen molar-refractivity contribution in [3.63, 3.8) is 0 Å². The molecular weight excluding hydrogens is 208 g/mol. The zero-order valence-corrected chi connectivity index (χ0v) is 9.27. The largest absolute Gasteiger partial charge is 0.402 e. The van der Waals surface area contributed by atoms with E-state index in [1.165, 1.54) is 12.2 Å². The van der Waals surface area contributed by atoms with Gasteiger partial charge in [0, 0.05) is 11.4 Å². The van der Waals surface area contributed by atoms with E-state index in [1.54, 1.807) is 13.8 Å². The first kappa shape index (κ1) is 13.7. The number of hydrogen-bond acceptors (Lipinski definition) is 3. The molecule has 0 aliphatic carbocycles. The monoisotopic (exact) mass is 224 g/mol. The van der Waals surface area contributed by atoms with Crippen LogP contribution in [0, 0.1) is 0 Å². The summed E-state index contributed by atoms with van der Waals surface area (Å²) in [5.74, 6) is -0.0648. The maximum atomic E-state index is 11.2. The maximum absolute atomic E-state index is 11.2. The van der Waals surface area contributed by atoms with E-state index in [0.29, 0.717) is 11.4 Å². The van der Waals surface area contributed by atoms with E-state index in [2.05, 4.69) is 9.98 Å². The molecule has 0 atom stereocenters. The molecule has 0 rings (SSSR count). The van der Waals surface area contributed by atoms with Crippen molar-refractivity contribution in [2.24, 2.45) is 32.9 Å². The number of hydrogen-bond donors (Lipinski definition) is 4. The second kappa shape index (κ2) is 6.23. The molecule has 0 saturated carbocycles. The second-order valence-corrected chi connectivity index (χ2v) is 3.13. The van der Waals surface area contributed by atoms with Crippen LogP contribution in [0.1, 0.15) is 13.8 Å². The Kier molecular flexibility index (Phi) is 5.33. The molecular formula is C9H16N6O. The number of nitrogens with two attached hydrogens (primary N) is 4. The van der Waals surface area contributed by atoms with Crippen molar-refractivity contribution in [1.82, 2.24) is 0 Å². The van der Waals surface area contributed by atoms with Crippen molar-refractivity contribution in [2.45, 2.75) is 13.8 Å². The molecule has 0 heterocycles. The Labute approximate surface area is 93.6 Å². The smallest absolute Gasteiger partial charge is 0.370 e. The molecule has 0 fully saturated rings. The van der Waals surface area contributed by atoms with Crippen LogP contribution in [0.2, 0.25) is 0 Å². The lowest BCUT2D eigenvalue weighted by Gasteiger charge is -1.94. The summed E-state index contributed by atoms with van der Waals surface area (Å²) in [6.45, 7) is 3.23. The summed E-state index contributed by atoms with van der Waals surface area (Å²) in [6, 6.07) is -0.815. The number of aliphatic imine (C=N–C) groups is 2. The number of amidine groups is 2. The summed E-state index contributed by atoms with van der Waals surface area (Å²) < 4.78 is 0. The number of amides is 2. The van der Waals surface area contributed by atoms with Crippen LogP contribution < -0.4 is 22.9 Å². The average Bonchev–Trinajstić information content (AvgIpc) is 1.97. The van der Waals surface area contributed by atoms with Crippen LogP contribution in [-0.2, 0) is 0 Å². The standard InChI is InChI=1S/C9H16N6O/c1-5(10)3-7(12)14-9(16)15-8(13)4-6(2)11/h3-4H,10-11H2,1-2H3,(H4,12,13,14,15,16)/b5-3-,6-4-. The lowest BCUT2D eigenvalue weighted by atomic mass is 10.4. The van der Waals surface area contributed by atoms with Crippen LogP contribution in [0.4, 0.5) is 4.79 Å². The highest BCUT2D eigenvalue weighted by Gasteiger charge is 1.97. The molecule has 0 aliphatic heterocycles. The summed E-state index contributed by atoms with van der Waals surface area (Å²) in [6.07, 6.45) is 2.68. The van der Waals surface area contributed by atoms with Crippen LogP contribution in [0.3, 0.4) is 0 Å². The third-order valence-electron chi connectivity index (χ3n) is 1.20. The van der Waals surface area contributed by atoms with Gasteiger partial charge in [0.05, 0.1) is 0 Å². The van der Waals surface area contributed by atoms with E-state index in [-0.39, 0.29) is 11.7 Å². The Morgan fingerprint density at radius 1 is 0.875 bits per heavy atom. The first-order valence-electron chi connectivity index (χ1n) is 4.41. The fourth-order valence-corrected chi connectivity index (χ4v) is 0.777. The van der Waals surface area contributed by atoms with Crippen molar-refractivity contribution in [1.29, 1.82) is 0 Å². The molecule has 0 aliphatic rings. The first-order chi connectivity index (χ1) is 7.31. The van der Waals surface area contributed by atoms with Gasteiger partial charge in [-0.05, 0) is 26.0 Å². The minimum absolute atomic E-state index is 0.0324. The van der Waals surface area contributed by atoms with Gasteiger partial charge in [0.2, 0.25) is 0 Å². The SMILES string of the molecule is C/C(N)=C/C(N)=N\C(=O)/N=C(N)\C=C(\C)N. The highest BCUT2D eigenvalue weighted by Crippen LogP contribution is 1.88. The summed E-state index contributed by atoms with van der Waals surface area (Å²) in [7, 11) is 0. The van der Waals surface area contributed by atoms with Crippen molar-refractivity contribution in [3.05, 3.63) is 23.5 Å². The minimum atomic E-state index is -0.815. The van der Waals surface area contributed by atoms with Gasteiger partial charge in [-0.3, -0.25) is 0 Å². The lowest BCUT2D eigenvalue weighted by Crippen LogP contribution is -2.15. The van der Waals surface area contributed by atoms with Crippen molar-refractivity contribution in [3.8, 4) is 0 Å². The number of allylic oxidation sites excluding steroid dienone is 2. The molecule has 16 heavy (non-hydrogen) atoms. The summed E-state index contributed by atoms with van der Waals surface area (Å²) in [5, 5.41) is 0. The third-order valence-corrected chi connectivity index (χ3v) is 1.20. The van der Waals surface area contributed by atoms with Gasteiger partial charge in [-0.2, -0.15) is 9.98 Å². The molecule has 2 amide bonds. The zero-order chi connectivity index (χ0) is 12.7. The molecule has 0 aromatic carbocycles. The van der Waals surface area contributed by atoms with Crippen LogP contribution in [0.15, 0.2) is 33.5 Å². The Morgan fingerprint density at radius 2 is 1.19 bits per heavy atom. The molecule has 0 unspecified atom stereocenters. The molecule has 7 nitrogen and oxygen atoms in total. The quantitative estimate of drug-likeness (QED) is 0.370. The molecule has 0 bridgehead atoms. The van der Waals surface area contributed by atoms with E-state index in [9.17, 15) is 4.79 Å². The van der Waals surface area contributed by atoms with Crippen LogP contribution >= 0.6 is 0 Å². The second-order valence-electron chi connectivity index (χ2n) is 3.13. The average molecular weight is 224 g/mol. The molecule has 0 spiro atoms. The third kappa shape index (κ3) is 7.13.